The van der Waals surface area contributed by atoms with E-state index in [0.29, 0.717) is 23.6 Å². The Bertz CT molecular complexity index is 674. The molecular formula is C15H22N2O5S. The predicted molar refractivity (Wildman–Crippen MR) is 87.9 cm³/mol. The van der Waals surface area contributed by atoms with E-state index < -0.39 is 9.84 Å². The van der Waals surface area contributed by atoms with E-state index in [1.54, 1.807) is 32.4 Å². The maximum atomic E-state index is 12.2. The number of hydrogen-bond acceptors (Lipinski definition) is 6. The van der Waals surface area contributed by atoms with Gasteiger partial charge >= 0.3 is 0 Å². The molecule has 0 bridgehead atoms. The molecule has 0 aromatic heterocycles. The van der Waals surface area contributed by atoms with E-state index in [9.17, 15) is 13.2 Å². The van der Waals surface area contributed by atoms with Crippen LogP contribution in [0.3, 0.4) is 0 Å². The van der Waals surface area contributed by atoms with Gasteiger partial charge in [-0.2, -0.15) is 0 Å². The molecule has 23 heavy (non-hydrogen) atoms. The number of likely N-dealkylation sites (N-methyl/N-ethyl adjacent to an activating group) is 1. The molecule has 1 fully saturated rings. The van der Waals surface area contributed by atoms with Crippen LogP contribution in [0.4, 0.5) is 5.69 Å². The Morgan fingerprint density at radius 3 is 2.65 bits per heavy atom. The van der Waals surface area contributed by atoms with Crippen LogP contribution in [0.2, 0.25) is 0 Å². The lowest BCUT2D eigenvalue weighted by Crippen LogP contribution is -2.40. The number of methoxy groups -OCH3 is 2. The summed E-state index contributed by atoms with van der Waals surface area (Å²) in [5.41, 5.74) is 0.675. The normalized spacial score (nSPS) is 19.2. The summed E-state index contributed by atoms with van der Waals surface area (Å²) in [5.74, 6) is 1.26. The fourth-order valence-corrected chi connectivity index (χ4v) is 4.30. The summed E-state index contributed by atoms with van der Waals surface area (Å²) in [5, 5.41) is 3.02. The van der Waals surface area contributed by atoms with Crippen molar-refractivity contribution in [2.45, 2.75) is 12.5 Å². The number of carbonyl (C=O) groups is 1. The van der Waals surface area contributed by atoms with Crippen molar-refractivity contribution in [2.75, 3.05) is 44.6 Å². The highest BCUT2D eigenvalue weighted by molar-refractivity contribution is 7.91. The number of hydrogen-bond donors (Lipinski definition) is 1. The SMILES string of the molecule is COc1ccc(NCC(=O)N(C)[C@H]2CCS(=O)(=O)C2)c(OC)c1. The third-order valence-corrected chi connectivity index (χ3v) is 5.74. The number of amides is 1. The maximum Gasteiger partial charge on any atom is 0.241 e. The minimum atomic E-state index is -3.01. The molecule has 0 saturated carbocycles. The Balaban J connectivity index is 1.96. The van der Waals surface area contributed by atoms with Gasteiger partial charge in [-0.25, -0.2) is 8.42 Å². The summed E-state index contributed by atoms with van der Waals surface area (Å²) >= 11 is 0. The molecule has 1 aliphatic rings. The van der Waals surface area contributed by atoms with Crippen molar-refractivity contribution in [3.8, 4) is 11.5 Å². The maximum absolute atomic E-state index is 12.2. The number of nitrogens with zero attached hydrogens (tertiary/aromatic N) is 1. The second-order valence-corrected chi connectivity index (χ2v) is 7.71. The molecule has 0 aliphatic carbocycles. The van der Waals surface area contributed by atoms with E-state index in [2.05, 4.69) is 5.32 Å². The van der Waals surface area contributed by atoms with Crippen molar-refractivity contribution in [3.63, 3.8) is 0 Å². The molecule has 1 saturated heterocycles. The van der Waals surface area contributed by atoms with Crippen LogP contribution >= 0.6 is 0 Å². The van der Waals surface area contributed by atoms with E-state index >= 15 is 0 Å². The minimum Gasteiger partial charge on any atom is -0.497 e. The highest BCUT2D eigenvalue weighted by atomic mass is 32.2. The lowest BCUT2D eigenvalue weighted by Gasteiger charge is -2.24. The lowest BCUT2D eigenvalue weighted by molar-refractivity contribution is -0.129. The van der Waals surface area contributed by atoms with Crippen molar-refractivity contribution >= 4 is 21.4 Å². The molecule has 1 heterocycles. The first-order valence-electron chi connectivity index (χ1n) is 7.28. The fraction of sp³-hybridized carbons (Fsp3) is 0.533. The first-order chi connectivity index (χ1) is 10.9. The van der Waals surface area contributed by atoms with Gasteiger partial charge in [0.25, 0.3) is 0 Å². The predicted octanol–water partition coefficient (Wildman–Crippen LogP) is 0.761. The number of carbonyl (C=O) groups excluding carboxylic acids is 1. The Labute approximate surface area is 136 Å². The lowest BCUT2D eigenvalue weighted by atomic mass is 10.2. The number of nitrogens with one attached hydrogen (secondary N) is 1. The van der Waals surface area contributed by atoms with Crippen molar-refractivity contribution < 1.29 is 22.7 Å². The van der Waals surface area contributed by atoms with Gasteiger partial charge in [0.1, 0.15) is 11.5 Å². The highest BCUT2D eigenvalue weighted by Gasteiger charge is 2.32. The van der Waals surface area contributed by atoms with E-state index in [1.165, 1.54) is 12.0 Å². The molecule has 128 valence electrons. The Morgan fingerprint density at radius 1 is 1.35 bits per heavy atom. The van der Waals surface area contributed by atoms with Gasteiger partial charge in [-0.3, -0.25) is 4.79 Å². The second-order valence-electron chi connectivity index (χ2n) is 5.48. The highest BCUT2D eigenvalue weighted by Crippen LogP contribution is 2.28. The van der Waals surface area contributed by atoms with Gasteiger partial charge in [0.15, 0.2) is 9.84 Å². The van der Waals surface area contributed by atoms with Crippen LogP contribution in [0.1, 0.15) is 6.42 Å². The van der Waals surface area contributed by atoms with Gasteiger partial charge in [-0.1, -0.05) is 0 Å². The quantitative estimate of drug-likeness (QED) is 0.822. The smallest absolute Gasteiger partial charge is 0.241 e. The summed E-state index contributed by atoms with van der Waals surface area (Å²) < 4.78 is 33.4. The molecule has 1 atom stereocenters. The Hall–Kier alpha value is -1.96. The van der Waals surface area contributed by atoms with Crippen molar-refractivity contribution in [2.24, 2.45) is 0 Å². The summed E-state index contributed by atoms with van der Waals surface area (Å²) in [6.45, 7) is 0.0652. The molecule has 8 heteroatoms. The van der Waals surface area contributed by atoms with Crippen LogP contribution in [-0.2, 0) is 14.6 Å². The average Bonchev–Trinajstić information content (AvgIpc) is 2.91. The second kappa shape index (κ2) is 7.08. The van der Waals surface area contributed by atoms with Gasteiger partial charge in [-0.05, 0) is 18.6 Å². The molecule has 1 amide bonds. The first-order valence-corrected chi connectivity index (χ1v) is 9.10. The summed E-state index contributed by atoms with van der Waals surface area (Å²) in [7, 11) is 1.74. The summed E-state index contributed by atoms with van der Waals surface area (Å²) in [6, 6.07) is 5.01. The van der Waals surface area contributed by atoms with Crippen LogP contribution in [-0.4, -0.2) is 64.6 Å². The monoisotopic (exact) mass is 342 g/mol. The molecular weight excluding hydrogens is 320 g/mol. The number of sulfone groups is 1. The van der Waals surface area contributed by atoms with Crippen LogP contribution in [0.15, 0.2) is 18.2 Å². The first kappa shape index (κ1) is 17.4. The largest absolute Gasteiger partial charge is 0.497 e. The zero-order valence-corrected chi connectivity index (χ0v) is 14.4. The van der Waals surface area contributed by atoms with Crippen LogP contribution in [0.25, 0.3) is 0 Å². The summed E-state index contributed by atoms with van der Waals surface area (Å²) in [6.07, 6.45) is 0.496. The molecule has 1 N–H and O–H groups in total. The number of benzene rings is 1. The standard InChI is InChI=1S/C15H22N2O5S/c1-17(11-6-7-23(19,20)10-11)15(18)9-16-13-5-4-12(21-2)8-14(13)22-3/h4-5,8,11,16H,6-7,9-10H2,1-3H3/t11-/m0/s1. The van der Waals surface area contributed by atoms with Gasteiger partial charge in [-0.15, -0.1) is 0 Å². The van der Waals surface area contributed by atoms with Crippen molar-refractivity contribution in [1.82, 2.24) is 4.90 Å². The topological polar surface area (TPSA) is 84.9 Å². The van der Waals surface area contributed by atoms with E-state index in [1.807, 2.05) is 0 Å². The van der Waals surface area contributed by atoms with Crippen molar-refractivity contribution in [1.29, 1.82) is 0 Å². The van der Waals surface area contributed by atoms with E-state index in [0.717, 1.165) is 0 Å². The van der Waals surface area contributed by atoms with Crippen LogP contribution in [0.5, 0.6) is 11.5 Å². The molecule has 1 aromatic rings. The molecule has 1 aromatic carbocycles. The minimum absolute atomic E-state index is 0.0428. The van der Waals surface area contributed by atoms with Gasteiger partial charge in [0, 0.05) is 19.2 Å². The number of rotatable bonds is 6. The molecule has 0 unspecified atom stereocenters. The third-order valence-electron chi connectivity index (χ3n) is 3.99. The Morgan fingerprint density at radius 2 is 2.09 bits per heavy atom. The van der Waals surface area contributed by atoms with Crippen molar-refractivity contribution in [3.05, 3.63) is 18.2 Å². The fourth-order valence-electron chi connectivity index (χ4n) is 2.52. The van der Waals surface area contributed by atoms with E-state index in [4.69, 9.17) is 9.47 Å². The zero-order valence-electron chi connectivity index (χ0n) is 13.5. The van der Waals surface area contributed by atoms with Gasteiger partial charge < -0.3 is 19.7 Å². The molecule has 2 rings (SSSR count). The molecule has 1 aliphatic heterocycles. The molecule has 0 spiro atoms. The average molecular weight is 342 g/mol. The third kappa shape index (κ3) is 4.28. The van der Waals surface area contributed by atoms with Gasteiger partial charge in [0.05, 0.1) is 38.0 Å². The molecule has 0 radical (unpaired) electrons. The van der Waals surface area contributed by atoms with Crippen LogP contribution < -0.4 is 14.8 Å². The number of anilines is 1. The van der Waals surface area contributed by atoms with Gasteiger partial charge in [0.2, 0.25) is 5.91 Å². The summed E-state index contributed by atoms with van der Waals surface area (Å²) in [4.78, 5) is 13.7. The van der Waals surface area contributed by atoms with E-state index in [-0.39, 0.29) is 30.0 Å². The molecule has 7 nitrogen and oxygen atoms in total. The number of ether oxygens (including phenoxy) is 2. The Kier molecular flexibility index (Phi) is 5.35. The zero-order chi connectivity index (χ0) is 17.0. The van der Waals surface area contributed by atoms with Crippen LogP contribution in [0, 0.1) is 0 Å².